The Morgan fingerprint density at radius 3 is 1.86 bits per heavy atom. The number of carbonyl (C=O) groups is 1. The number of ketones is 1. The van der Waals surface area contributed by atoms with Crippen LogP contribution in [0.2, 0.25) is 0 Å². The quantitative estimate of drug-likeness (QED) is 0.564. The van der Waals surface area contributed by atoms with Crippen molar-refractivity contribution >= 4 is 5.78 Å². The Morgan fingerprint density at radius 1 is 1.07 bits per heavy atom. The van der Waals surface area contributed by atoms with E-state index in [-0.39, 0.29) is 5.92 Å². The summed E-state index contributed by atoms with van der Waals surface area (Å²) in [6, 6.07) is 0. The van der Waals surface area contributed by atoms with Crippen LogP contribution in [0.25, 0.3) is 0 Å². The van der Waals surface area contributed by atoms with Crippen LogP contribution in [0.4, 0.5) is 0 Å². The molecule has 0 saturated heterocycles. The second-order valence-electron chi connectivity index (χ2n) is 3.21. The van der Waals surface area contributed by atoms with E-state index in [2.05, 4.69) is 6.92 Å². The number of rotatable bonds is 0. The highest BCUT2D eigenvalue weighted by atomic mass is 16.1. The molecule has 0 bridgehead atoms. The molecule has 1 nitrogen and oxygen atoms in total. The second-order valence-corrected chi connectivity index (χ2v) is 3.21. The summed E-state index contributed by atoms with van der Waals surface area (Å²) in [6.45, 7) is 14.0. The number of Topliss-reactive ketones (excluding diaryl/α,β-unsaturated/α-hetero) is 1. The molecule has 0 heterocycles. The van der Waals surface area contributed by atoms with Crippen LogP contribution in [0, 0.1) is 5.92 Å². The molecular weight excluding hydrogens is 172 g/mol. The normalized spacial score (nSPS) is 20.5. The number of carbonyl (C=O) groups excluding carboxylic acids is 1. The highest BCUT2D eigenvalue weighted by molar-refractivity contribution is 5.97. The predicted octanol–water partition coefficient (Wildman–Crippen LogP) is 4.37. The minimum absolute atomic E-state index is 0.267. The van der Waals surface area contributed by atoms with E-state index in [1.165, 1.54) is 5.57 Å². The monoisotopic (exact) mass is 198 g/mol. The highest BCUT2D eigenvalue weighted by Gasteiger charge is 2.20. The summed E-state index contributed by atoms with van der Waals surface area (Å²) in [4.78, 5) is 11.3. The van der Waals surface area contributed by atoms with Gasteiger partial charge < -0.3 is 0 Å². The minimum Gasteiger partial charge on any atom is -0.294 e. The average molecular weight is 198 g/mol. The second kappa shape index (κ2) is 8.98. The Labute approximate surface area is 89.6 Å². The molecule has 1 unspecified atom stereocenters. The summed E-state index contributed by atoms with van der Waals surface area (Å²) in [5.41, 5.74) is 2.28. The lowest BCUT2D eigenvalue weighted by molar-refractivity contribution is -0.119. The molecule has 0 aromatic rings. The van der Waals surface area contributed by atoms with Crippen molar-refractivity contribution in [3.8, 4) is 0 Å². The van der Waals surface area contributed by atoms with Crippen molar-refractivity contribution in [3.63, 3.8) is 0 Å². The van der Waals surface area contributed by atoms with Gasteiger partial charge in [-0.25, -0.2) is 0 Å². The molecule has 0 amide bonds. The van der Waals surface area contributed by atoms with Gasteiger partial charge >= 0.3 is 0 Å². The largest absolute Gasteiger partial charge is 0.294 e. The highest BCUT2D eigenvalue weighted by Crippen LogP contribution is 2.24. The minimum atomic E-state index is 0.267. The summed E-state index contributed by atoms with van der Waals surface area (Å²) in [5.74, 6) is 0.618. The van der Waals surface area contributed by atoms with Crippen LogP contribution in [0.1, 0.15) is 61.3 Å². The van der Waals surface area contributed by atoms with E-state index in [4.69, 9.17) is 0 Å². The molecule has 84 valence electrons. The zero-order valence-electron chi connectivity index (χ0n) is 10.9. The van der Waals surface area contributed by atoms with Crippen LogP contribution in [0.3, 0.4) is 0 Å². The maximum absolute atomic E-state index is 11.3. The van der Waals surface area contributed by atoms with E-state index in [1.807, 2.05) is 41.5 Å². The summed E-state index contributed by atoms with van der Waals surface area (Å²) < 4.78 is 0. The zero-order chi connectivity index (χ0) is 11.7. The molecule has 0 aromatic heterocycles. The molecule has 0 fully saturated rings. The van der Waals surface area contributed by atoms with Gasteiger partial charge in [-0.15, -0.1) is 0 Å². The SMILES string of the molecule is CC.CC.CC1=C(C)C(=O)C(C)CC1. The van der Waals surface area contributed by atoms with Crippen LogP contribution in [-0.2, 0) is 4.79 Å². The Hall–Kier alpha value is -0.590. The number of allylic oxidation sites excluding steroid dienone is 2. The molecule has 1 rings (SSSR count). The lowest BCUT2D eigenvalue weighted by atomic mass is 9.85. The Kier molecular flexibility index (Phi) is 10.2. The molecule has 0 aromatic carbocycles. The molecule has 1 aliphatic rings. The Morgan fingerprint density at radius 2 is 1.50 bits per heavy atom. The maximum Gasteiger partial charge on any atom is 0.161 e. The summed E-state index contributed by atoms with van der Waals surface area (Å²) in [6.07, 6.45) is 2.15. The van der Waals surface area contributed by atoms with Gasteiger partial charge in [0.05, 0.1) is 0 Å². The van der Waals surface area contributed by atoms with Gasteiger partial charge in [0.1, 0.15) is 0 Å². The topological polar surface area (TPSA) is 17.1 Å². The lowest BCUT2D eigenvalue weighted by Crippen LogP contribution is -2.17. The van der Waals surface area contributed by atoms with E-state index >= 15 is 0 Å². The summed E-state index contributed by atoms with van der Waals surface area (Å²) >= 11 is 0. The molecule has 0 radical (unpaired) electrons. The van der Waals surface area contributed by atoms with Gasteiger partial charge in [-0.1, -0.05) is 40.2 Å². The fraction of sp³-hybridized carbons (Fsp3) is 0.769. The van der Waals surface area contributed by atoms with Gasteiger partial charge in [-0.2, -0.15) is 0 Å². The smallest absolute Gasteiger partial charge is 0.161 e. The van der Waals surface area contributed by atoms with E-state index in [1.54, 1.807) is 0 Å². The van der Waals surface area contributed by atoms with Crippen LogP contribution in [0.5, 0.6) is 0 Å². The van der Waals surface area contributed by atoms with Crippen LogP contribution < -0.4 is 0 Å². The van der Waals surface area contributed by atoms with E-state index in [0.717, 1.165) is 18.4 Å². The maximum atomic E-state index is 11.3. The van der Waals surface area contributed by atoms with Gasteiger partial charge in [-0.05, 0) is 32.3 Å². The van der Waals surface area contributed by atoms with Crippen molar-refractivity contribution in [2.45, 2.75) is 61.3 Å². The first-order valence-electron chi connectivity index (χ1n) is 5.83. The van der Waals surface area contributed by atoms with Gasteiger partial charge in [0.15, 0.2) is 5.78 Å². The fourth-order valence-corrected chi connectivity index (χ4v) is 1.33. The predicted molar refractivity (Wildman–Crippen MR) is 64.5 cm³/mol. The van der Waals surface area contributed by atoms with Crippen molar-refractivity contribution < 1.29 is 4.79 Å². The average Bonchev–Trinajstić information content (AvgIpc) is 2.26. The zero-order valence-corrected chi connectivity index (χ0v) is 10.9. The third kappa shape index (κ3) is 4.59. The first-order chi connectivity index (χ1) is 6.63. The van der Waals surface area contributed by atoms with Gasteiger partial charge in [0.25, 0.3) is 0 Å². The molecule has 0 saturated carbocycles. The molecule has 1 atom stereocenters. The van der Waals surface area contributed by atoms with Crippen LogP contribution >= 0.6 is 0 Å². The molecule has 1 aliphatic carbocycles. The molecule has 0 N–H and O–H groups in total. The van der Waals surface area contributed by atoms with Crippen LogP contribution in [0.15, 0.2) is 11.1 Å². The number of hydrogen-bond acceptors (Lipinski definition) is 1. The first-order valence-corrected chi connectivity index (χ1v) is 5.83. The van der Waals surface area contributed by atoms with Crippen molar-refractivity contribution in [1.82, 2.24) is 0 Å². The third-order valence-corrected chi connectivity index (χ3v) is 2.41. The lowest BCUT2D eigenvalue weighted by Gasteiger charge is -2.18. The van der Waals surface area contributed by atoms with E-state index in [0.29, 0.717) is 5.78 Å². The van der Waals surface area contributed by atoms with Crippen molar-refractivity contribution in [1.29, 1.82) is 0 Å². The fourth-order valence-electron chi connectivity index (χ4n) is 1.33. The molecule has 0 aliphatic heterocycles. The molecule has 1 heteroatoms. The van der Waals surface area contributed by atoms with E-state index < -0.39 is 0 Å². The molecule has 14 heavy (non-hydrogen) atoms. The van der Waals surface area contributed by atoms with Gasteiger partial charge in [-0.3, -0.25) is 4.79 Å². The van der Waals surface area contributed by atoms with Crippen molar-refractivity contribution in [2.24, 2.45) is 5.92 Å². The van der Waals surface area contributed by atoms with Gasteiger partial charge in [0, 0.05) is 5.92 Å². The molecule has 0 spiro atoms. The summed E-state index contributed by atoms with van der Waals surface area (Å²) in [5, 5.41) is 0. The van der Waals surface area contributed by atoms with Crippen LogP contribution in [-0.4, -0.2) is 5.78 Å². The Bertz CT molecular complexity index is 189. The van der Waals surface area contributed by atoms with E-state index in [9.17, 15) is 4.79 Å². The van der Waals surface area contributed by atoms with Crippen molar-refractivity contribution in [2.75, 3.05) is 0 Å². The molecular formula is C13H26O. The first kappa shape index (κ1) is 15.9. The van der Waals surface area contributed by atoms with Gasteiger partial charge in [0.2, 0.25) is 0 Å². The standard InChI is InChI=1S/C9H14O.2C2H6/c1-6-4-5-7(2)9(10)8(6)3;2*1-2/h7H,4-5H2,1-3H3;2*1-2H3. The third-order valence-electron chi connectivity index (χ3n) is 2.41. The Balaban J connectivity index is 0. The van der Waals surface area contributed by atoms with Crippen molar-refractivity contribution in [3.05, 3.63) is 11.1 Å². The summed E-state index contributed by atoms with van der Waals surface area (Å²) in [7, 11) is 0. The number of hydrogen-bond donors (Lipinski definition) is 0.